The second-order valence-corrected chi connectivity index (χ2v) is 9.19. The van der Waals surface area contributed by atoms with Crippen molar-refractivity contribution >= 4 is 34.7 Å². The predicted octanol–water partition coefficient (Wildman–Crippen LogP) is 4.57. The van der Waals surface area contributed by atoms with E-state index in [-0.39, 0.29) is 16.9 Å². The van der Waals surface area contributed by atoms with Gasteiger partial charge in [-0.15, -0.1) is 0 Å². The highest BCUT2D eigenvalue weighted by molar-refractivity contribution is 6.46. The van der Waals surface area contributed by atoms with Crippen molar-refractivity contribution in [3.05, 3.63) is 64.2 Å². The quantitative estimate of drug-likeness (QED) is 0.293. The minimum atomic E-state index is -0.716. The molecule has 1 heterocycles. The normalized spacial score (nSPS) is 17.3. The van der Waals surface area contributed by atoms with Crippen LogP contribution in [0.4, 0.5) is 5.69 Å². The van der Waals surface area contributed by atoms with E-state index in [0.29, 0.717) is 23.7 Å². The predicted molar refractivity (Wildman–Crippen MR) is 140 cm³/mol. The number of carbonyl (C=O) groups is 2. The first-order valence-corrected chi connectivity index (χ1v) is 12.2. The van der Waals surface area contributed by atoms with E-state index in [1.165, 1.54) is 13.2 Å². The summed E-state index contributed by atoms with van der Waals surface area (Å²) in [5.74, 6) is -1.27. The Balaban J connectivity index is 2.14. The van der Waals surface area contributed by atoms with Crippen LogP contribution in [0.25, 0.3) is 5.76 Å². The number of methoxy groups -OCH3 is 1. The number of aliphatic hydroxyl groups excluding tert-OH is 1. The molecule has 35 heavy (non-hydrogen) atoms. The van der Waals surface area contributed by atoms with Crippen LogP contribution in [0.1, 0.15) is 37.4 Å². The van der Waals surface area contributed by atoms with E-state index in [2.05, 4.69) is 18.7 Å². The molecule has 1 fully saturated rings. The average molecular weight is 500 g/mol. The van der Waals surface area contributed by atoms with Crippen LogP contribution in [-0.4, -0.2) is 74.0 Å². The van der Waals surface area contributed by atoms with Crippen molar-refractivity contribution < 1.29 is 19.4 Å². The van der Waals surface area contributed by atoms with Gasteiger partial charge in [-0.1, -0.05) is 23.7 Å². The molecule has 3 rings (SSSR count). The number of likely N-dealkylation sites (tertiary alicyclic amines) is 1. The fourth-order valence-corrected chi connectivity index (χ4v) is 4.65. The summed E-state index contributed by atoms with van der Waals surface area (Å²) in [6, 6.07) is 11.9. The second kappa shape index (κ2) is 11.6. The van der Waals surface area contributed by atoms with Crippen molar-refractivity contribution in [1.82, 2.24) is 9.80 Å². The standard InChI is InChI=1S/C27H34ClN3O4/c1-6-30(7-2)20-12-9-18(10-13-20)24-23(25(32)21-17-19(28)11-14-22(21)35-5)26(33)27(34)31(24)16-8-15-29(3)4/h9-14,17,24,32H,6-8,15-16H2,1-5H3/b25-23+. The van der Waals surface area contributed by atoms with Crippen LogP contribution in [0, 0.1) is 0 Å². The highest BCUT2D eigenvalue weighted by Gasteiger charge is 2.46. The van der Waals surface area contributed by atoms with Crippen LogP contribution in [0.5, 0.6) is 5.75 Å². The summed E-state index contributed by atoms with van der Waals surface area (Å²) in [5, 5.41) is 11.7. The number of amides is 1. The van der Waals surface area contributed by atoms with Gasteiger partial charge in [-0.05, 0) is 76.8 Å². The lowest BCUT2D eigenvalue weighted by Gasteiger charge is -2.27. The first-order valence-electron chi connectivity index (χ1n) is 11.8. The lowest BCUT2D eigenvalue weighted by molar-refractivity contribution is -0.139. The van der Waals surface area contributed by atoms with Crippen molar-refractivity contribution in [2.24, 2.45) is 0 Å². The third kappa shape index (κ3) is 5.63. The van der Waals surface area contributed by atoms with Crippen LogP contribution in [0.3, 0.4) is 0 Å². The zero-order valence-electron chi connectivity index (χ0n) is 21.0. The summed E-state index contributed by atoms with van der Waals surface area (Å²) < 4.78 is 5.40. The van der Waals surface area contributed by atoms with Crippen LogP contribution >= 0.6 is 11.6 Å². The Hall–Kier alpha value is -3.03. The number of hydrogen-bond acceptors (Lipinski definition) is 6. The van der Waals surface area contributed by atoms with Crippen LogP contribution in [0.15, 0.2) is 48.0 Å². The molecule has 0 saturated carbocycles. The zero-order valence-corrected chi connectivity index (χ0v) is 21.8. The molecule has 1 aliphatic rings. The van der Waals surface area contributed by atoms with Crippen molar-refractivity contribution in [2.75, 3.05) is 52.3 Å². The molecule has 1 unspecified atom stereocenters. The van der Waals surface area contributed by atoms with Crippen LogP contribution in [0.2, 0.25) is 5.02 Å². The van der Waals surface area contributed by atoms with E-state index in [9.17, 15) is 14.7 Å². The van der Waals surface area contributed by atoms with E-state index in [1.54, 1.807) is 17.0 Å². The topological polar surface area (TPSA) is 73.3 Å². The molecule has 1 N–H and O–H groups in total. The number of rotatable bonds is 10. The summed E-state index contributed by atoms with van der Waals surface area (Å²) in [6.45, 7) is 7.07. The fraction of sp³-hybridized carbons (Fsp3) is 0.407. The Morgan fingerprint density at radius 3 is 2.31 bits per heavy atom. The smallest absolute Gasteiger partial charge is 0.295 e. The maximum absolute atomic E-state index is 13.3. The van der Waals surface area contributed by atoms with Crippen molar-refractivity contribution in [3.8, 4) is 5.75 Å². The van der Waals surface area contributed by atoms with E-state index >= 15 is 0 Å². The molecule has 1 atom stereocenters. The molecule has 1 amide bonds. The van der Waals surface area contributed by atoms with Gasteiger partial charge in [0.15, 0.2) is 0 Å². The lowest BCUT2D eigenvalue weighted by atomic mass is 9.94. The summed E-state index contributed by atoms with van der Waals surface area (Å²) in [7, 11) is 5.40. The number of nitrogens with zero attached hydrogens (tertiary/aromatic N) is 3. The molecule has 1 saturated heterocycles. The number of anilines is 1. The first-order chi connectivity index (χ1) is 16.7. The highest BCUT2D eigenvalue weighted by Crippen LogP contribution is 2.41. The number of ether oxygens (including phenoxy) is 1. The van der Waals surface area contributed by atoms with Gasteiger partial charge in [0, 0.05) is 30.3 Å². The van der Waals surface area contributed by atoms with Gasteiger partial charge in [0.2, 0.25) is 0 Å². The monoisotopic (exact) mass is 499 g/mol. The second-order valence-electron chi connectivity index (χ2n) is 8.76. The fourth-order valence-electron chi connectivity index (χ4n) is 4.48. The van der Waals surface area contributed by atoms with E-state index in [4.69, 9.17) is 16.3 Å². The first kappa shape index (κ1) is 26.6. The zero-order chi connectivity index (χ0) is 25.7. The Bertz CT molecular complexity index is 1090. The Labute approximate surface area is 212 Å². The summed E-state index contributed by atoms with van der Waals surface area (Å²) in [5.41, 5.74) is 2.12. The van der Waals surface area contributed by atoms with E-state index in [0.717, 1.165) is 30.9 Å². The third-order valence-electron chi connectivity index (χ3n) is 6.30. The van der Waals surface area contributed by atoms with Gasteiger partial charge in [0.25, 0.3) is 11.7 Å². The van der Waals surface area contributed by atoms with E-state index in [1.807, 2.05) is 43.3 Å². The number of ketones is 1. The average Bonchev–Trinajstić information content (AvgIpc) is 3.09. The van der Waals surface area contributed by atoms with E-state index < -0.39 is 17.7 Å². The molecular formula is C27H34ClN3O4. The lowest BCUT2D eigenvalue weighted by Crippen LogP contribution is -2.32. The minimum Gasteiger partial charge on any atom is -0.507 e. The number of Topliss-reactive ketones (excluding diaryl/α,β-unsaturated/α-hetero) is 1. The number of hydrogen-bond donors (Lipinski definition) is 1. The molecule has 1 aliphatic heterocycles. The van der Waals surface area contributed by atoms with Gasteiger partial charge in [0.05, 0.1) is 24.3 Å². The van der Waals surface area contributed by atoms with Gasteiger partial charge in [-0.25, -0.2) is 0 Å². The highest BCUT2D eigenvalue weighted by atomic mass is 35.5. The SMILES string of the molecule is CCN(CC)c1ccc(C2/C(=C(\O)c3cc(Cl)ccc3OC)C(=O)C(=O)N2CCCN(C)C)cc1. The Morgan fingerprint density at radius 2 is 1.74 bits per heavy atom. The number of benzene rings is 2. The van der Waals surface area contributed by atoms with Gasteiger partial charge < -0.3 is 24.5 Å². The number of carbonyl (C=O) groups excluding carboxylic acids is 2. The maximum Gasteiger partial charge on any atom is 0.295 e. The van der Waals surface area contributed by atoms with Gasteiger partial charge >= 0.3 is 0 Å². The summed E-state index contributed by atoms with van der Waals surface area (Å²) >= 11 is 6.18. The molecule has 7 nitrogen and oxygen atoms in total. The minimum absolute atomic E-state index is 0.0380. The molecule has 0 spiro atoms. The maximum atomic E-state index is 13.3. The molecular weight excluding hydrogens is 466 g/mol. The molecule has 0 aliphatic carbocycles. The molecule has 2 aromatic rings. The summed E-state index contributed by atoms with van der Waals surface area (Å²) in [4.78, 5) is 32.2. The van der Waals surface area contributed by atoms with Crippen LogP contribution in [-0.2, 0) is 9.59 Å². The van der Waals surface area contributed by atoms with Crippen molar-refractivity contribution in [1.29, 1.82) is 0 Å². The Kier molecular flexibility index (Phi) is 8.81. The van der Waals surface area contributed by atoms with Crippen molar-refractivity contribution in [3.63, 3.8) is 0 Å². The molecule has 0 bridgehead atoms. The van der Waals surface area contributed by atoms with Gasteiger partial charge in [0.1, 0.15) is 11.5 Å². The molecule has 2 aromatic carbocycles. The molecule has 0 aromatic heterocycles. The third-order valence-corrected chi connectivity index (χ3v) is 6.53. The van der Waals surface area contributed by atoms with Crippen LogP contribution < -0.4 is 9.64 Å². The molecule has 8 heteroatoms. The Morgan fingerprint density at radius 1 is 1.09 bits per heavy atom. The largest absolute Gasteiger partial charge is 0.507 e. The summed E-state index contributed by atoms with van der Waals surface area (Å²) in [6.07, 6.45) is 0.689. The van der Waals surface area contributed by atoms with Gasteiger partial charge in [-0.2, -0.15) is 0 Å². The van der Waals surface area contributed by atoms with Gasteiger partial charge in [-0.3, -0.25) is 9.59 Å². The van der Waals surface area contributed by atoms with Crippen molar-refractivity contribution in [2.45, 2.75) is 26.3 Å². The molecule has 188 valence electrons. The number of aliphatic hydroxyl groups is 1. The molecule has 0 radical (unpaired) electrons. The number of halogens is 1.